The van der Waals surface area contributed by atoms with E-state index in [9.17, 15) is 0 Å². The SMILES string of the molecule is CC(C)c1cc(Br)ccc1Oc1ncncc1N. The molecule has 94 valence electrons. The van der Waals surface area contributed by atoms with Gasteiger partial charge in [-0.1, -0.05) is 29.8 Å². The monoisotopic (exact) mass is 307 g/mol. The molecule has 1 aromatic carbocycles. The van der Waals surface area contributed by atoms with Gasteiger partial charge in [0.2, 0.25) is 5.88 Å². The van der Waals surface area contributed by atoms with Crippen LogP contribution in [-0.2, 0) is 0 Å². The van der Waals surface area contributed by atoms with Crippen molar-refractivity contribution in [2.24, 2.45) is 0 Å². The van der Waals surface area contributed by atoms with E-state index < -0.39 is 0 Å². The first-order chi connectivity index (χ1) is 8.58. The number of halogens is 1. The lowest BCUT2D eigenvalue weighted by Gasteiger charge is -2.14. The Morgan fingerprint density at radius 3 is 2.78 bits per heavy atom. The quantitative estimate of drug-likeness (QED) is 0.938. The smallest absolute Gasteiger partial charge is 0.245 e. The highest BCUT2D eigenvalue weighted by atomic mass is 79.9. The minimum absolute atomic E-state index is 0.348. The zero-order valence-corrected chi connectivity index (χ0v) is 11.8. The number of hydrogen-bond acceptors (Lipinski definition) is 4. The van der Waals surface area contributed by atoms with Gasteiger partial charge in [0.1, 0.15) is 17.8 Å². The third-order valence-electron chi connectivity index (χ3n) is 2.50. The summed E-state index contributed by atoms with van der Waals surface area (Å²) >= 11 is 3.46. The number of nitrogens with two attached hydrogens (primary N) is 1. The molecule has 0 bridgehead atoms. The lowest BCUT2D eigenvalue weighted by atomic mass is 10.0. The molecule has 0 aliphatic heterocycles. The first-order valence-corrected chi connectivity index (χ1v) is 6.40. The Labute approximate surface area is 114 Å². The molecule has 4 nitrogen and oxygen atoms in total. The summed E-state index contributed by atoms with van der Waals surface area (Å²) in [5.74, 6) is 1.49. The molecule has 0 saturated heterocycles. The highest BCUT2D eigenvalue weighted by molar-refractivity contribution is 9.10. The average Bonchev–Trinajstić information content (AvgIpc) is 2.34. The Hall–Kier alpha value is -1.62. The molecular formula is C13H14BrN3O. The van der Waals surface area contributed by atoms with E-state index in [1.165, 1.54) is 12.5 Å². The topological polar surface area (TPSA) is 61.0 Å². The molecule has 0 saturated carbocycles. The van der Waals surface area contributed by atoms with Gasteiger partial charge in [0.15, 0.2) is 0 Å². The Morgan fingerprint density at radius 1 is 1.33 bits per heavy atom. The van der Waals surface area contributed by atoms with Crippen molar-refractivity contribution in [2.45, 2.75) is 19.8 Å². The molecule has 0 amide bonds. The molecule has 2 rings (SSSR count). The van der Waals surface area contributed by atoms with Gasteiger partial charge >= 0.3 is 0 Å². The second kappa shape index (κ2) is 5.35. The Balaban J connectivity index is 2.37. The zero-order chi connectivity index (χ0) is 13.1. The van der Waals surface area contributed by atoms with Crippen LogP contribution in [0.4, 0.5) is 5.69 Å². The van der Waals surface area contributed by atoms with Crippen LogP contribution in [0.1, 0.15) is 25.3 Å². The first kappa shape index (κ1) is 12.8. The zero-order valence-electron chi connectivity index (χ0n) is 10.2. The molecule has 0 unspecified atom stereocenters. The number of aromatic nitrogens is 2. The average molecular weight is 308 g/mol. The molecule has 0 atom stereocenters. The first-order valence-electron chi connectivity index (χ1n) is 5.60. The van der Waals surface area contributed by atoms with Crippen molar-refractivity contribution in [3.8, 4) is 11.6 Å². The van der Waals surface area contributed by atoms with Crippen LogP contribution in [0.3, 0.4) is 0 Å². The standard InChI is InChI=1S/C13H14BrN3O/c1-8(2)10-5-9(14)3-4-12(10)18-13-11(15)6-16-7-17-13/h3-8H,15H2,1-2H3. The highest BCUT2D eigenvalue weighted by Gasteiger charge is 2.11. The highest BCUT2D eigenvalue weighted by Crippen LogP contribution is 2.33. The molecular weight excluding hydrogens is 294 g/mol. The van der Waals surface area contributed by atoms with Gasteiger partial charge in [0.05, 0.1) is 6.20 Å². The summed E-state index contributed by atoms with van der Waals surface area (Å²) in [5, 5.41) is 0. The van der Waals surface area contributed by atoms with Crippen LogP contribution in [0.5, 0.6) is 11.6 Å². The van der Waals surface area contributed by atoms with E-state index in [4.69, 9.17) is 10.5 Å². The van der Waals surface area contributed by atoms with E-state index in [-0.39, 0.29) is 0 Å². The van der Waals surface area contributed by atoms with Crippen LogP contribution in [0.15, 0.2) is 35.2 Å². The summed E-state index contributed by atoms with van der Waals surface area (Å²) in [6.45, 7) is 4.22. The lowest BCUT2D eigenvalue weighted by Crippen LogP contribution is -1.99. The summed E-state index contributed by atoms with van der Waals surface area (Å²) in [5.41, 5.74) is 7.29. The van der Waals surface area contributed by atoms with Gasteiger partial charge < -0.3 is 10.5 Å². The van der Waals surface area contributed by atoms with Crippen molar-refractivity contribution in [1.29, 1.82) is 0 Å². The summed E-state index contributed by atoms with van der Waals surface area (Å²) in [6, 6.07) is 5.87. The maximum Gasteiger partial charge on any atom is 0.245 e. The van der Waals surface area contributed by atoms with Crippen molar-refractivity contribution in [3.05, 3.63) is 40.8 Å². The van der Waals surface area contributed by atoms with Crippen LogP contribution >= 0.6 is 15.9 Å². The van der Waals surface area contributed by atoms with Gasteiger partial charge in [0, 0.05) is 4.47 Å². The summed E-state index contributed by atoms with van der Waals surface area (Å²) in [6.07, 6.45) is 2.94. The molecule has 1 aromatic heterocycles. The predicted molar refractivity (Wildman–Crippen MR) is 74.7 cm³/mol. The molecule has 1 heterocycles. The molecule has 2 aromatic rings. The van der Waals surface area contributed by atoms with Gasteiger partial charge in [-0.15, -0.1) is 0 Å². The van der Waals surface area contributed by atoms with E-state index >= 15 is 0 Å². The van der Waals surface area contributed by atoms with E-state index in [0.717, 1.165) is 15.8 Å². The Bertz CT molecular complexity index is 558. The second-order valence-corrected chi connectivity index (χ2v) is 5.14. The minimum Gasteiger partial charge on any atom is -0.437 e. The fourth-order valence-electron chi connectivity index (χ4n) is 1.58. The van der Waals surface area contributed by atoms with Crippen LogP contribution in [0.2, 0.25) is 0 Å². The lowest BCUT2D eigenvalue weighted by molar-refractivity contribution is 0.455. The maximum atomic E-state index is 5.77. The van der Waals surface area contributed by atoms with Crippen LogP contribution in [0, 0.1) is 0 Å². The normalized spacial score (nSPS) is 10.7. The van der Waals surface area contributed by atoms with Gasteiger partial charge in [-0.3, -0.25) is 0 Å². The van der Waals surface area contributed by atoms with Crippen LogP contribution in [-0.4, -0.2) is 9.97 Å². The van der Waals surface area contributed by atoms with Gasteiger partial charge in [0.25, 0.3) is 0 Å². The van der Waals surface area contributed by atoms with Gasteiger partial charge in [-0.2, -0.15) is 4.98 Å². The second-order valence-electron chi connectivity index (χ2n) is 4.22. The van der Waals surface area contributed by atoms with Crippen molar-refractivity contribution in [2.75, 3.05) is 5.73 Å². The molecule has 0 spiro atoms. The molecule has 0 radical (unpaired) electrons. The largest absolute Gasteiger partial charge is 0.437 e. The van der Waals surface area contributed by atoms with E-state index in [1.807, 2.05) is 18.2 Å². The molecule has 18 heavy (non-hydrogen) atoms. The van der Waals surface area contributed by atoms with Crippen LogP contribution < -0.4 is 10.5 Å². The van der Waals surface area contributed by atoms with Gasteiger partial charge in [-0.05, 0) is 29.7 Å². The molecule has 0 aliphatic rings. The maximum absolute atomic E-state index is 5.77. The number of anilines is 1. The Morgan fingerprint density at radius 2 is 2.11 bits per heavy atom. The predicted octanol–water partition coefficient (Wildman–Crippen LogP) is 3.74. The summed E-state index contributed by atoms with van der Waals surface area (Å²) in [4.78, 5) is 7.86. The van der Waals surface area contributed by atoms with Crippen molar-refractivity contribution >= 4 is 21.6 Å². The van der Waals surface area contributed by atoms with E-state index in [1.54, 1.807) is 0 Å². The number of rotatable bonds is 3. The number of hydrogen-bond donors (Lipinski definition) is 1. The minimum atomic E-state index is 0.348. The van der Waals surface area contributed by atoms with Crippen molar-refractivity contribution in [3.63, 3.8) is 0 Å². The fraction of sp³-hybridized carbons (Fsp3) is 0.231. The summed E-state index contributed by atoms with van der Waals surface area (Å²) < 4.78 is 6.78. The molecule has 0 aliphatic carbocycles. The van der Waals surface area contributed by atoms with Crippen molar-refractivity contribution in [1.82, 2.24) is 9.97 Å². The van der Waals surface area contributed by atoms with E-state index in [0.29, 0.717) is 17.5 Å². The number of nitrogen functional groups attached to an aromatic ring is 1. The van der Waals surface area contributed by atoms with Crippen molar-refractivity contribution < 1.29 is 4.74 Å². The third kappa shape index (κ3) is 2.79. The number of ether oxygens (including phenoxy) is 1. The van der Waals surface area contributed by atoms with Crippen LogP contribution in [0.25, 0.3) is 0 Å². The van der Waals surface area contributed by atoms with E-state index in [2.05, 4.69) is 39.7 Å². The Kier molecular flexibility index (Phi) is 3.81. The van der Waals surface area contributed by atoms with Gasteiger partial charge in [-0.25, -0.2) is 4.98 Å². The molecule has 2 N–H and O–H groups in total. The number of nitrogens with zero attached hydrogens (tertiary/aromatic N) is 2. The molecule has 5 heteroatoms. The fourth-order valence-corrected chi connectivity index (χ4v) is 1.96. The summed E-state index contributed by atoms with van der Waals surface area (Å²) in [7, 11) is 0. The number of benzene rings is 1. The molecule has 0 fully saturated rings. The third-order valence-corrected chi connectivity index (χ3v) is 3.00.